The standard InChI is InChI=1S/C17H24Cl2N2O2/c1-5-11(3)20-17(23)12(4)21(16(22)6-2)10-13-7-8-14(18)15(19)9-13/h7-9,11-12H,5-6,10H2,1-4H3,(H,20,23). The number of halogens is 2. The summed E-state index contributed by atoms with van der Waals surface area (Å²) in [6.07, 6.45) is 1.18. The predicted octanol–water partition coefficient (Wildman–Crippen LogP) is 4.04. The Bertz CT molecular complexity index is 564. The molecule has 0 radical (unpaired) electrons. The summed E-state index contributed by atoms with van der Waals surface area (Å²) >= 11 is 11.9. The lowest BCUT2D eigenvalue weighted by molar-refractivity contribution is -0.140. The van der Waals surface area contributed by atoms with E-state index in [1.54, 1.807) is 30.9 Å². The molecule has 0 fully saturated rings. The minimum absolute atomic E-state index is 0.0773. The summed E-state index contributed by atoms with van der Waals surface area (Å²) in [5, 5.41) is 3.81. The second-order valence-corrected chi connectivity index (χ2v) is 6.43. The van der Waals surface area contributed by atoms with Crippen molar-refractivity contribution in [2.45, 2.75) is 59.2 Å². The number of nitrogens with zero attached hydrogens (tertiary/aromatic N) is 1. The predicted molar refractivity (Wildman–Crippen MR) is 94.7 cm³/mol. The quantitative estimate of drug-likeness (QED) is 0.799. The van der Waals surface area contributed by atoms with Gasteiger partial charge >= 0.3 is 0 Å². The Morgan fingerprint density at radius 3 is 2.35 bits per heavy atom. The zero-order valence-corrected chi connectivity index (χ0v) is 15.5. The van der Waals surface area contributed by atoms with Gasteiger partial charge in [0.05, 0.1) is 10.0 Å². The summed E-state index contributed by atoms with van der Waals surface area (Å²) in [6, 6.07) is 4.75. The van der Waals surface area contributed by atoms with Crippen LogP contribution >= 0.6 is 23.2 Å². The molecule has 4 nitrogen and oxygen atoms in total. The summed E-state index contributed by atoms with van der Waals surface area (Å²) in [4.78, 5) is 26.2. The third-order valence-corrected chi connectivity index (χ3v) is 4.55. The Morgan fingerprint density at radius 1 is 1.17 bits per heavy atom. The summed E-state index contributed by atoms with van der Waals surface area (Å²) in [5.74, 6) is -0.232. The van der Waals surface area contributed by atoms with Crippen molar-refractivity contribution in [2.75, 3.05) is 0 Å². The van der Waals surface area contributed by atoms with Crippen LogP contribution in [0.1, 0.15) is 46.1 Å². The molecule has 128 valence electrons. The van der Waals surface area contributed by atoms with Crippen LogP contribution in [-0.2, 0) is 16.1 Å². The molecule has 0 saturated heterocycles. The van der Waals surface area contributed by atoms with Crippen molar-refractivity contribution in [1.29, 1.82) is 0 Å². The molecule has 2 unspecified atom stereocenters. The molecule has 6 heteroatoms. The molecule has 0 aliphatic rings. The highest BCUT2D eigenvalue weighted by atomic mass is 35.5. The first-order chi connectivity index (χ1) is 10.8. The number of nitrogens with one attached hydrogen (secondary N) is 1. The lowest BCUT2D eigenvalue weighted by Gasteiger charge is -2.29. The van der Waals surface area contributed by atoms with E-state index in [1.807, 2.05) is 19.9 Å². The molecule has 23 heavy (non-hydrogen) atoms. The van der Waals surface area contributed by atoms with E-state index in [-0.39, 0.29) is 17.9 Å². The second kappa shape index (κ2) is 9.14. The highest BCUT2D eigenvalue weighted by Gasteiger charge is 2.25. The normalized spacial score (nSPS) is 13.3. The first kappa shape index (κ1) is 19.8. The molecule has 1 rings (SSSR count). The topological polar surface area (TPSA) is 49.4 Å². The van der Waals surface area contributed by atoms with Gasteiger partial charge in [0.15, 0.2) is 0 Å². The van der Waals surface area contributed by atoms with Crippen LogP contribution in [0.2, 0.25) is 10.0 Å². The molecule has 2 amide bonds. The molecule has 0 aliphatic heterocycles. The zero-order chi connectivity index (χ0) is 17.6. The number of hydrogen-bond acceptors (Lipinski definition) is 2. The number of benzene rings is 1. The Morgan fingerprint density at radius 2 is 1.83 bits per heavy atom. The van der Waals surface area contributed by atoms with Gasteiger partial charge < -0.3 is 10.2 Å². The van der Waals surface area contributed by atoms with Gasteiger partial charge in [-0.3, -0.25) is 9.59 Å². The lowest BCUT2D eigenvalue weighted by Crippen LogP contribution is -2.49. The Kier molecular flexibility index (Phi) is 7.86. The number of amides is 2. The molecule has 1 aromatic carbocycles. The monoisotopic (exact) mass is 358 g/mol. The highest BCUT2D eigenvalue weighted by molar-refractivity contribution is 6.42. The van der Waals surface area contributed by atoms with Gasteiger partial charge in [0.1, 0.15) is 6.04 Å². The smallest absolute Gasteiger partial charge is 0.242 e. The Balaban J connectivity index is 2.93. The van der Waals surface area contributed by atoms with Crippen LogP contribution in [0.5, 0.6) is 0 Å². The van der Waals surface area contributed by atoms with Gasteiger partial charge in [0.25, 0.3) is 0 Å². The fraction of sp³-hybridized carbons (Fsp3) is 0.529. The van der Waals surface area contributed by atoms with E-state index in [9.17, 15) is 9.59 Å². The SMILES string of the molecule is CCC(=O)N(Cc1ccc(Cl)c(Cl)c1)C(C)C(=O)NC(C)CC. The number of rotatable bonds is 7. The first-order valence-electron chi connectivity index (χ1n) is 7.83. The summed E-state index contributed by atoms with van der Waals surface area (Å²) in [6.45, 7) is 7.78. The van der Waals surface area contributed by atoms with Crippen LogP contribution in [0.3, 0.4) is 0 Å². The second-order valence-electron chi connectivity index (χ2n) is 5.62. The number of carbonyl (C=O) groups excluding carboxylic acids is 2. The average molecular weight is 359 g/mol. The molecule has 2 atom stereocenters. The van der Waals surface area contributed by atoms with E-state index in [2.05, 4.69) is 5.32 Å². The average Bonchev–Trinajstić information content (AvgIpc) is 2.54. The van der Waals surface area contributed by atoms with Crippen molar-refractivity contribution >= 4 is 35.0 Å². The Labute approximate surface area is 148 Å². The van der Waals surface area contributed by atoms with Crippen molar-refractivity contribution in [1.82, 2.24) is 10.2 Å². The first-order valence-corrected chi connectivity index (χ1v) is 8.59. The van der Waals surface area contributed by atoms with Crippen LogP contribution < -0.4 is 5.32 Å². The molecular weight excluding hydrogens is 335 g/mol. The van der Waals surface area contributed by atoms with Gasteiger partial charge in [0, 0.05) is 19.0 Å². The van der Waals surface area contributed by atoms with Gasteiger partial charge in [0.2, 0.25) is 11.8 Å². The highest BCUT2D eigenvalue weighted by Crippen LogP contribution is 2.23. The van der Waals surface area contributed by atoms with E-state index in [1.165, 1.54) is 0 Å². The molecule has 0 aliphatic carbocycles. The van der Waals surface area contributed by atoms with E-state index in [0.717, 1.165) is 12.0 Å². The molecule has 0 spiro atoms. The molecular formula is C17H24Cl2N2O2. The number of carbonyl (C=O) groups is 2. The summed E-state index contributed by atoms with van der Waals surface area (Å²) in [5.41, 5.74) is 0.837. The molecule has 1 aromatic rings. The van der Waals surface area contributed by atoms with E-state index >= 15 is 0 Å². The zero-order valence-electron chi connectivity index (χ0n) is 14.0. The molecule has 1 N–H and O–H groups in total. The summed E-state index contributed by atoms with van der Waals surface area (Å²) < 4.78 is 0. The van der Waals surface area contributed by atoms with E-state index in [0.29, 0.717) is 23.0 Å². The molecule has 0 saturated carbocycles. The van der Waals surface area contributed by atoms with Gasteiger partial charge in [-0.25, -0.2) is 0 Å². The van der Waals surface area contributed by atoms with Crippen LogP contribution in [0.4, 0.5) is 0 Å². The van der Waals surface area contributed by atoms with Gasteiger partial charge in [-0.15, -0.1) is 0 Å². The van der Waals surface area contributed by atoms with Crippen molar-refractivity contribution in [3.8, 4) is 0 Å². The van der Waals surface area contributed by atoms with Crippen LogP contribution in [0.15, 0.2) is 18.2 Å². The van der Waals surface area contributed by atoms with Crippen LogP contribution in [0.25, 0.3) is 0 Å². The van der Waals surface area contributed by atoms with Gasteiger partial charge in [-0.2, -0.15) is 0 Å². The van der Waals surface area contributed by atoms with Gasteiger partial charge in [-0.1, -0.05) is 43.1 Å². The van der Waals surface area contributed by atoms with E-state index in [4.69, 9.17) is 23.2 Å². The molecule has 0 heterocycles. The maximum atomic E-state index is 12.3. The Hall–Kier alpha value is -1.26. The van der Waals surface area contributed by atoms with Crippen LogP contribution in [-0.4, -0.2) is 28.8 Å². The van der Waals surface area contributed by atoms with Crippen LogP contribution in [0, 0.1) is 0 Å². The van der Waals surface area contributed by atoms with Crippen molar-refractivity contribution < 1.29 is 9.59 Å². The maximum Gasteiger partial charge on any atom is 0.242 e. The van der Waals surface area contributed by atoms with E-state index < -0.39 is 6.04 Å². The minimum Gasteiger partial charge on any atom is -0.352 e. The third-order valence-electron chi connectivity index (χ3n) is 3.81. The largest absolute Gasteiger partial charge is 0.352 e. The van der Waals surface area contributed by atoms with Crippen molar-refractivity contribution in [3.63, 3.8) is 0 Å². The van der Waals surface area contributed by atoms with Gasteiger partial charge in [-0.05, 0) is 38.0 Å². The maximum absolute atomic E-state index is 12.3. The van der Waals surface area contributed by atoms with Crippen molar-refractivity contribution in [2.24, 2.45) is 0 Å². The van der Waals surface area contributed by atoms with Crippen molar-refractivity contribution in [3.05, 3.63) is 33.8 Å². The molecule has 0 bridgehead atoms. The summed E-state index contributed by atoms with van der Waals surface area (Å²) in [7, 11) is 0. The molecule has 0 aromatic heterocycles. The number of hydrogen-bond donors (Lipinski definition) is 1. The third kappa shape index (κ3) is 5.70. The minimum atomic E-state index is -0.550. The fourth-order valence-electron chi connectivity index (χ4n) is 2.09. The lowest BCUT2D eigenvalue weighted by atomic mass is 10.1. The fourth-order valence-corrected chi connectivity index (χ4v) is 2.41.